The fraction of sp³-hybridized carbons (Fsp3) is 0.125. The second kappa shape index (κ2) is 9.02. The summed E-state index contributed by atoms with van der Waals surface area (Å²) in [6, 6.07) is 8.45. The maximum absolute atomic E-state index is 11.7. The molecule has 10 heteroatoms. The SMILES string of the molecule is COc1c(Cl)cc(Cl)cc1C=NNC(=O)COc1ccc([N+](=O)[O-])cc1. The Balaban J connectivity index is 1.90. The van der Waals surface area contributed by atoms with E-state index in [1.807, 2.05) is 0 Å². The van der Waals surface area contributed by atoms with Gasteiger partial charge in [-0.05, 0) is 24.3 Å². The van der Waals surface area contributed by atoms with Crippen molar-refractivity contribution in [3.8, 4) is 11.5 Å². The van der Waals surface area contributed by atoms with Gasteiger partial charge < -0.3 is 9.47 Å². The maximum Gasteiger partial charge on any atom is 0.277 e. The van der Waals surface area contributed by atoms with E-state index >= 15 is 0 Å². The molecule has 0 aliphatic heterocycles. The molecule has 0 saturated heterocycles. The van der Waals surface area contributed by atoms with Crippen LogP contribution in [0.15, 0.2) is 41.5 Å². The van der Waals surface area contributed by atoms with Crippen molar-refractivity contribution < 1.29 is 19.2 Å². The normalized spacial score (nSPS) is 10.6. The molecule has 1 N–H and O–H groups in total. The van der Waals surface area contributed by atoms with E-state index in [9.17, 15) is 14.9 Å². The molecule has 0 fully saturated rings. The number of rotatable bonds is 7. The molecule has 0 unspecified atom stereocenters. The minimum Gasteiger partial charge on any atom is -0.495 e. The Labute approximate surface area is 158 Å². The number of nitro benzene ring substituents is 1. The van der Waals surface area contributed by atoms with Gasteiger partial charge in [-0.1, -0.05) is 23.2 Å². The van der Waals surface area contributed by atoms with Crippen molar-refractivity contribution in [1.82, 2.24) is 5.43 Å². The fourth-order valence-corrected chi connectivity index (χ4v) is 2.50. The van der Waals surface area contributed by atoms with Gasteiger partial charge in [0.2, 0.25) is 0 Å². The Kier molecular flexibility index (Phi) is 6.76. The summed E-state index contributed by atoms with van der Waals surface area (Å²) in [7, 11) is 1.45. The average Bonchev–Trinajstić information content (AvgIpc) is 2.60. The number of ether oxygens (including phenoxy) is 2. The molecule has 0 radical (unpaired) electrons. The van der Waals surface area contributed by atoms with E-state index in [1.165, 1.54) is 43.7 Å². The molecule has 2 aromatic rings. The van der Waals surface area contributed by atoms with Gasteiger partial charge in [-0.3, -0.25) is 14.9 Å². The van der Waals surface area contributed by atoms with Crippen LogP contribution in [-0.2, 0) is 4.79 Å². The number of carbonyl (C=O) groups is 1. The molecule has 8 nitrogen and oxygen atoms in total. The number of nitrogens with one attached hydrogen (secondary N) is 1. The van der Waals surface area contributed by atoms with Gasteiger partial charge in [0.1, 0.15) is 11.5 Å². The van der Waals surface area contributed by atoms with Crippen LogP contribution in [0.2, 0.25) is 10.0 Å². The molecule has 0 bridgehead atoms. The molecule has 0 aliphatic carbocycles. The van der Waals surface area contributed by atoms with Crippen LogP contribution in [0.3, 0.4) is 0 Å². The van der Waals surface area contributed by atoms with Crippen LogP contribution in [0.4, 0.5) is 5.69 Å². The van der Waals surface area contributed by atoms with E-state index in [1.54, 1.807) is 6.07 Å². The van der Waals surface area contributed by atoms with Crippen molar-refractivity contribution in [2.75, 3.05) is 13.7 Å². The summed E-state index contributed by atoms with van der Waals surface area (Å²) >= 11 is 11.9. The summed E-state index contributed by atoms with van der Waals surface area (Å²) in [6.07, 6.45) is 1.33. The summed E-state index contributed by atoms with van der Waals surface area (Å²) < 4.78 is 10.4. The van der Waals surface area contributed by atoms with Crippen LogP contribution in [0.1, 0.15) is 5.56 Å². The first-order valence-electron chi connectivity index (χ1n) is 7.13. The summed E-state index contributed by atoms with van der Waals surface area (Å²) in [6.45, 7) is -0.317. The number of halogens is 2. The van der Waals surface area contributed by atoms with Gasteiger partial charge in [0.15, 0.2) is 6.61 Å². The van der Waals surface area contributed by atoms with Crippen molar-refractivity contribution in [2.24, 2.45) is 5.10 Å². The van der Waals surface area contributed by atoms with Gasteiger partial charge in [0, 0.05) is 22.7 Å². The first kappa shape index (κ1) is 19.5. The predicted molar refractivity (Wildman–Crippen MR) is 97.3 cm³/mol. The van der Waals surface area contributed by atoms with Crippen LogP contribution < -0.4 is 14.9 Å². The van der Waals surface area contributed by atoms with Crippen LogP contribution >= 0.6 is 23.2 Å². The Morgan fingerprint density at radius 2 is 2.00 bits per heavy atom. The lowest BCUT2D eigenvalue weighted by Gasteiger charge is -2.07. The lowest BCUT2D eigenvalue weighted by molar-refractivity contribution is -0.384. The van der Waals surface area contributed by atoms with Crippen molar-refractivity contribution >= 4 is 41.0 Å². The molecule has 0 heterocycles. The predicted octanol–water partition coefficient (Wildman–Crippen LogP) is 3.44. The highest BCUT2D eigenvalue weighted by molar-refractivity contribution is 6.36. The van der Waals surface area contributed by atoms with Gasteiger partial charge >= 0.3 is 0 Å². The van der Waals surface area contributed by atoms with Crippen LogP contribution in [0.25, 0.3) is 0 Å². The van der Waals surface area contributed by atoms with Crippen molar-refractivity contribution in [3.05, 3.63) is 62.1 Å². The molecule has 0 atom stereocenters. The summed E-state index contributed by atoms with van der Waals surface area (Å²) in [5.74, 6) is 0.168. The van der Waals surface area contributed by atoms with Crippen molar-refractivity contribution in [2.45, 2.75) is 0 Å². The minimum atomic E-state index is -0.526. The van der Waals surface area contributed by atoms with Crippen molar-refractivity contribution in [3.63, 3.8) is 0 Å². The molecular formula is C16H13Cl2N3O5. The Bertz CT molecular complexity index is 841. The van der Waals surface area contributed by atoms with Gasteiger partial charge in [-0.15, -0.1) is 0 Å². The Morgan fingerprint density at radius 1 is 1.31 bits per heavy atom. The standard InChI is InChI=1S/C16H13Cl2N3O5/c1-25-16-10(6-11(17)7-14(16)18)8-19-20-15(22)9-26-13-4-2-12(3-5-13)21(23)24/h2-8H,9H2,1H3,(H,20,22). The van der Waals surface area contributed by atoms with Gasteiger partial charge in [0.05, 0.1) is 23.3 Å². The number of nitrogens with zero attached hydrogens (tertiary/aromatic N) is 2. The number of carbonyl (C=O) groups excluding carboxylic acids is 1. The molecular weight excluding hydrogens is 385 g/mol. The molecule has 0 aliphatic rings. The number of hydrazone groups is 1. The zero-order chi connectivity index (χ0) is 19.1. The van der Waals surface area contributed by atoms with Crippen LogP contribution in [-0.4, -0.2) is 30.8 Å². The molecule has 2 rings (SSSR count). The summed E-state index contributed by atoms with van der Waals surface area (Å²) in [4.78, 5) is 21.8. The number of methoxy groups -OCH3 is 1. The van der Waals surface area contributed by atoms with E-state index in [2.05, 4.69) is 10.5 Å². The maximum atomic E-state index is 11.7. The van der Waals surface area contributed by atoms with Crippen molar-refractivity contribution in [1.29, 1.82) is 0 Å². The number of hydrogen-bond donors (Lipinski definition) is 1. The number of benzene rings is 2. The van der Waals surface area contributed by atoms with Gasteiger partial charge in [-0.25, -0.2) is 5.43 Å². The second-order valence-corrected chi connectivity index (χ2v) is 5.69. The zero-order valence-electron chi connectivity index (χ0n) is 13.4. The zero-order valence-corrected chi connectivity index (χ0v) is 15.0. The lowest BCUT2D eigenvalue weighted by atomic mass is 10.2. The van der Waals surface area contributed by atoms with Crippen LogP contribution in [0, 0.1) is 10.1 Å². The molecule has 2 aromatic carbocycles. The second-order valence-electron chi connectivity index (χ2n) is 4.84. The highest BCUT2D eigenvalue weighted by atomic mass is 35.5. The van der Waals surface area contributed by atoms with E-state index in [4.69, 9.17) is 32.7 Å². The molecule has 0 spiro atoms. The highest BCUT2D eigenvalue weighted by Gasteiger charge is 2.09. The van der Waals surface area contributed by atoms with E-state index in [0.29, 0.717) is 27.1 Å². The third-order valence-electron chi connectivity index (χ3n) is 3.05. The number of amides is 1. The first-order chi connectivity index (χ1) is 12.4. The third-order valence-corrected chi connectivity index (χ3v) is 3.55. The Morgan fingerprint density at radius 3 is 2.62 bits per heavy atom. The van der Waals surface area contributed by atoms with Gasteiger partial charge in [-0.2, -0.15) is 5.10 Å². The number of nitro groups is 1. The largest absolute Gasteiger partial charge is 0.495 e. The topological polar surface area (TPSA) is 103 Å². The molecule has 26 heavy (non-hydrogen) atoms. The summed E-state index contributed by atoms with van der Waals surface area (Å²) in [5.41, 5.74) is 2.70. The fourth-order valence-electron chi connectivity index (χ4n) is 1.91. The number of hydrogen-bond acceptors (Lipinski definition) is 6. The monoisotopic (exact) mass is 397 g/mol. The molecule has 0 saturated carbocycles. The molecule has 136 valence electrons. The first-order valence-corrected chi connectivity index (χ1v) is 7.88. The summed E-state index contributed by atoms with van der Waals surface area (Å²) in [5, 5.41) is 15.1. The lowest BCUT2D eigenvalue weighted by Crippen LogP contribution is -2.24. The van der Waals surface area contributed by atoms with Gasteiger partial charge in [0.25, 0.3) is 11.6 Å². The average molecular weight is 398 g/mol. The van der Waals surface area contributed by atoms with E-state index in [0.717, 1.165) is 0 Å². The van der Waals surface area contributed by atoms with E-state index < -0.39 is 10.8 Å². The Hall–Kier alpha value is -2.84. The molecule has 0 aromatic heterocycles. The third kappa shape index (κ3) is 5.33. The van der Waals surface area contributed by atoms with Crippen LogP contribution in [0.5, 0.6) is 11.5 Å². The number of non-ortho nitro benzene ring substituents is 1. The smallest absolute Gasteiger partial charge is 0.277 e. The minimum absolute atomic E-state index is 0.0690. The van der Waals surface area contributed by atoms with E-state index in [-0.39, 0.29) is 12.3 Å². The highest BCUT2D eigenvalue weighted by Crippen LogP contribution is 2.31. The molecule has 1 amide bonds. The quantitative estimate of drug-likeness (QED) is 0.437.